The molecule has 0 amide bonds. The minimum Gasteiger partial charge on any atom is -0.468 e. The quantitative estimate of drug-likeness (QED) is 0.846. The van der Waals surface area contributed by atoms with E-state index < -0.39 is 5.54 Å². The van der Waals surface area contributed by atoms with Crippen molar-refractivity contribution in [2.45, 2.75) is 65.0 Å². The van der Waals surface area contributed by atoms with E-state index in [4.69, 9.17) is 9.84 Å². The Hall–Kier alpha value is -1.36. The highest BCUT2D eigenvalue weighted by Gasteiger charge is 2.46. The Balaban J connectivity index is 2.27. The summed E-state index contributed by atoms with van der Waals surface area (Å²) in [4.78, 5) is 12.2. The summed E-state index contributed by atoms with van der Waals surface area (Å²) >= 11 is 0. The summed E-state index contributed by atoms with van der Waals surface area (Å²) in [6.45, 7) is 9.14. The van der Waals surface area contributed by atoms with Crippen molar-refractivity contribution in [1.82, 2.24) is 15.1 Å². The van der Waals surface area contributed by atoms with Crippen LogP contribution in [0.1, 0.15) is 56.1 Å². The largest absolute Gasteiger partial charge is 0.468 e. The number of aryl methyl sites for hydroxylation is 1. The standard InChI is InChI=1S/C16H27N3O2/c1-6-14-11(3)18-19(12(14)4)13-8-9-16(10-13,17-7-2)15(20)21-5/h13,17H,6-10H2,1-5H3. The van der Waals surface area contributed by atoms with Gasteiger partial charge in [-0.15, -0.1) is 0 Å². The fourth-order valence-electron chi connectivity index (χ4n) is 3.74. The summed E-state index contributed by atoms with van der Waals surface area (Å²) in [7, 11) is 1.47. The molecule has 21 heavy (non-hydrogen) atoms. The van der Waals surface area contributed by atoms with Gasteiger partial charge in [0.05, 0.1) is 18.8 Å². The minimum atomic E-state index is -0.549. The Morgan fingerprint density at radius 1 is 1.48 bits per heavy atom. The zero-order chi connectivity index (χ0) is 15.6. The first-order valence-corrected chi connectivity index (χ1v) is 7.87. The summed E-state index contributed by atoms with van der Waals surface area (Å²) in [5.41, 5.74) is 3.12. The van der Waals surface area contributed by atoms with E-state index in [1.165, 1.54) is 18.4 Å². The van der Waals surface area contributed by atoms with Crippen LogP contribution >= 0.6 is 0 Å². The number of hydrogen-bond donors (Lipinski definition) is 1. The molecule has 1 fully saturated rings. The molecule has 0 radical (unpaired) electrons. The zero-order valence-electron chi connectivity index (χ0n) is 13.8. The van der Waals surface area contributed by atoms with Crippen LogP contribution in [0.4, 0.5) is 0 Å². The topological polar surface area (TPSA) is 56.1 Å². The maximum absolute atomic E-state index is 12.2. The highest BCUT2D eigenvalue weighted by Crippen LogP contribution is 2.39. The maximum Gasteiger partial charge on any atom is 0.326 e. The van der Waals surface area contributed by atoms with Crippen LogP contribution in [0.3, 0.4) is 0 Å². The lowest BCUT2D eigenvalue weighted by atomic mass is 9.97. The number of esters is 1. The molecule has 1 aromatic rings. The van der Waals surface area contributed by atoms with E-state index >= 15 is 0 Å². The first kappa shape index (κ1) is 16.0. The molecule has 0 bridgehead atoms. The van der Waals surface area contributed by atoms with Gasteiger partial charge in [-0.25, -0.2) is 0 Å². The maximum atomic E-state index is 12.2. The predicted molar refractivity (Wildman–Crippen MR) is 82.4 cm³/mol. The molecule has 0 spiro atoms. The Labute approximate surface area is 127 Å². The molecule has 1 saturated carbocycles. The fourth-order valence-corrected chi connectivity index (χ4v) is 3.74. The molecule has 5 heteroatoms. The van der Waals surface area contributed by atoms with Gasteiger partial charge in [0.2, 0.25) is 0 Å². The zero-order valence-corrected chi connectivity index (χ0v) is 13.8. The fraction of sp³-hybridized carbons (Fsp3) is 0.750. The molecule has 0 saturated heterocycles. The molecule has 5 nitrogen and oxygen atoms in total. The number of methoxy groups -OCH3 is 1. The molecule has 1 aliphatic carbocycles. The number of carbonyl (C=O) groups is 1. The first-order chi connectivity index (χ1) is 9.99. The van der Waals surface area contributed by atoms with Crippen molar-refractivity contribution >= 4 is 5.97 Å². The molecule has 2 unspecified atom stereocenters. The van der Waals surface area contributed by atoms with Crippen molar-refractivity contribution in [1.29, 1.82) is 0 Å². The summed E-state index contributed by atoms with van der Waals surface area (Å²) in [5.74, 6) is -0.149. The van der Waals surface area contributed by atoms with Crippen LogP contribution in [0.2, 0.25) is 0 Å². The Kier molecular flexibility index (Phi) is 4.71. The second kappa shape index (κ2) is 6.18. The van der Waals surface area contributed by atoms with E-state index in [2.05, 4.69) is 30.8 Å². The third-order valence-electron chi connectivity index (χ3n) is 4.75. The molecule has 2 atom stereocenters. The van der Waals surface area contributed by atoms with E-state index in [9.17, 15) is 4.79 Å². The molecular formula is C16H27N3O2. The van der Waals surface area contributed by atoms with Gasteiger partial charge in [0, 0.05) is 5.69 Å². The van der Waals surface area contributed by atoms with Crippen molar-refractivity contribution in [3.63, 3.8) is 0 Å². The molecular weight excluding hydrogens is 266 g/mol. The van der Waals surface area contributed by atoms with Crippen LogP contribution in [-0.2, 0) is 16.0 Å². The molecule has 118 valence electrons. The van der Waals surface area contributed by atoms with Gasteiger partial charge in [-0.3, -0.25) is 9.48 Å². The van der Waals surface area contributed by atoms with Crippen molar-refractivity contribution < 1.29 is 9.53 Å². The summed E-state index contributed by atoms with van der Waals surface area (Å²) in [5, 5.41) is 8.06. The molecule has 1 aromatic heterocycles. The number of hydrogen-bond acceptors (Lipinski definition) is 4. The minimum absolute atomic E-state index is 0.149. The third kappa shape index (κ3) is 2.71. The number of nitrogens with one attached hydrogen (secondary N) is 1. The van der Waals surface area contributed by atoms with E-state index in [1.807, 2.05) is 6.92 Å². The smallest absolute Gasteiger partial charge is 0.326 e. The van der Waals surface area contributed by atoms with Gasteiger partial charge in [0.15, 0.2) is 0 Å². The first-order valence-electron chi connectivity index (χ1n) is 7.87. The van der Waals surface area contributed by atoms with E-state index in [0.29, 0.717) is 0 Å². The molecule has 2 rings (SSSR count). The molecule has 1 heterocycles. The normalized spacial score (nSPS) is 25.3. The van der Waals surface area contributed by atoms with Gasteiger partial charge in [-0.1, -0.05) is 13.8 Å². The highest BCUT2D eigenvalue weighted by atomic mass is 16.5. The summed E-state index contributed by atoms with van der Waals surface area (Å²) in [6, 6.07) is 0.266. The van der Waals surface area contributed by atoms with E-state index in [-0.39, 0.29) is 12.0 Å². The Morgan fingerprint density at radius 3 is 2.71 bits per heavy atom. The average molecular weight is 293 g/mol. The number of rotatable bonds is 5. The van der Waals surface area contributed by atoms with E-state index in [0.717, 1.165) is 37.9 Å². The van der Waals surface area contributed by atoms with Crippen LogP contribution in [-0.4, -0.2) is 34.9 Å². The predicted octanol–water partition coefficient (Wildman–Crippen LogP) is 2.31. The van der Waals surface area contributed by atoms with Crippen LogP contribution in [0.15, 0.2) is 0 Å². The van der Waals surface area contributed by atoms with Crippen LogP contribution in [0.25, 0.3) is 0 Å². The molecule has 0 aromatic carbocycles. The Morgan fingerprint density at radius 2 is 2.19 bits per heavy atom. The van der Waals surface area contributed by atoms with Crippen molar-refractivity contribution in [3.05, 3.63) is 17.0 Å². The molecule has 1 N–H and O–H groups in total. The number of aromatic nitrogens is 2. The SMILES string of the molecule is CCNC1(C(=O)OC)CCC(n2nc(C)c(CC)c2C)C1. The number of nitrogens with zero attached hydrogens (tertiary/aromatic N) is 2. The third-order valence-corrected chi connectivity index (χ3v) is 4.75. The number of ether oxygens (including phenoxy) is 1. The second-order valence-corrected chi connectivity index (χ2v) is 5.95. The van der Waals surface area contributed by atoms with Gasteiger partial charge in [-0.2, -0.15) is 5.10 Å². The van der Waals surface area contributed by atoms with E-state index in [1.54, 1.807) is 0 Å². The van der Waals surface area contributed by atoms with Gasteiger partial charge in [-0.05, 0) is 51.6 Å². The second-order valence-electron chi connectivity index (χ2n) is 5.95. The Bertz CT molecular complexity index is 524. The van der Waals surface area contributed by atoms with Gasteiger partial charge in [0.25, 0.3) is 0 Å². The van der Waals surface area contributed by atoms with Crippen molar-refractivity contribution in [2.24, 2.45) is 0 Å². The lowest BCUT2D eigenvalue weighted by Gasteiger charge is -2.27. The lowest BCUT2D eigenvalue weighted by Crippen LogP contribution is -2.50. The summed E-state index contributed by atoms with van der Waals surface area (Å²) < 4.78 is 7.14. The van der Waals surface area contributed by atoms with Crippen LogP contribution in [0.5, 0.6) is 0 Å². The van der Waals surface area contributed by atoms with Crippen molar-refractivity contribution in [2.75, 3.05) is 13.7 Å². The summed E-state index contributed by atoms with van der Waals surface area (Å²) in [6.07, 6.45) is 3.50. The monoisotopic (exact) mass is 293 g/mol. The average Bonchev–Trinajstić information content (AvgIpc) is 3.01. The molecule has 1 aliphatic rings. The lowest BCUT2D eigenvalue weighted by molar-refractivity contribution is -0.148. The van der Waals surface area contributed by atoms with Crippen LogP contribution in [0, 0.1) is 13.8 Å². The van der Waals surface area contributed by atoms with Gasteiger partial charge >= 0.3 is 5.97 Å². The van der Waals surface area contributed by atoms with Gasteiger partial charge < -0.3 is 10.1 Å². The van der Waals surface area contributed by atoms with Crippen LogP contribution < -0.4 is 5.32 Å². The number of likely N-dealkylation sites (N-methyl/N-ethyl adjacent to an activating group) is 1. The van der Waals surface area contributed by atoms with Crippen molar-refractivity contribution in [3.8, 4) is 0 Å². The molecule has 0 aliphatic heterocycles. The number of carbonyl (C=O) groups excluding carboxylic acids is 1. The highest BCUT2D eigenvalue weighted by molar-refractivity contribution is 5.81. The van der Waals surface area contributed by atoms with Gasteiger partial charge in [0.1, 0.15) is 5.54 Å².